The molecule has 1 atom stereocenters. The fraction of sp³-hybridized carbons (Fsp3) is 0.500. The van der Waals surface area contributed by atoms with Crippen molar-refractivity contribution in [2.45, 2.75) is 18.9 Å². The summed E-state index contributed by atoms with van der Waals surface area (Å²) in [5.74, 6) is -0.975. The number of aliphatic carboxylic acids is 1. The summed E-state index contributed by atoms with van der Waals surface area (Å²) in [5.41, 5.74) is 6.12. The molecule has 0 radical (unpaired) electrons. The summed E-state index contributed by atoms with van der Waals surface area (Å²) in [5, 5.41) is 8.51. The van der Waals surface area contributed by atoms with Gasteiger partial charge in [-0.1, -0.05) is 6.08 Å². The Morgan fingerprint density at radius 3 is 3.08 bits per heavy atom. The zero-order chi connectivity index (χ0) is 8.97. The molecule has 1 rings (SSSR count). The van der Waals surface area contributed by atoms with Crippen LogP contribution in [0.3, 0.4) is 0 Å². The summed E-state index contributed by atoms with van der Waals surface area (Å²) in [6.07, 6.45) is 5.08. The third-order valence-electron chi connectivity index (χ3n) is 1.67. The number of rotatable bonds is 3. The van der Waals surface area contributed by atoms with Gasteiger partial charge in [-0.25, -0.2) is 0 Å². The highest BCUT2D eigenvalue weighted by Gasteiger charge is 2.13. The quantitative estimate of drug-likeness (QED) is 0.631. The summed E-state index contributed by atoms with van der Waals surface area (Å²) < 4.78 is 0. The van der Waals surface area contributed by atoms with Gasteiger partial charge in [0.15, 0.2) is 0 Å². The Morgan fingerprint density at radius 1 is 1.83 bits per heavy atom. The van der Waals surface area contributed by atoms with E-state index in [4.69, 9.17) is 10.8 Å². The van der Waals surface area contributed by atoms with Gasteiger partial charge < -0.3 is 10.8 Å². The standard InChI is InChI=1S/C8H12N2O2/c9-7(8(11)12)5-6-3-1-2-4-10-6/h1,3,7H,2,4-5,9H2,(H,11,12). The topological polar surface area (TPSA) is 75.7 Å². The largest absolute Gasteiger partial charge is 0.480 e. The van der Waals surface area contributed by atoms with Crippen LogP contribution in [-0.4, -0.2) is 29.4 Å². The maximum atomic E-state index is 10.4. The number of hydrogen-bond donors (Lipinski definition) is 2. The molecule has 1 unspecified atom stereocenters. The summed E-state index contributed by atoms with van der Waals surface area (Å²) in [7, 11) is 0. The molecule has 0 amide bonds. The molecular formula is C8H12N2O2. The average molecular weight is 168 g/mol. The minimum atomic E-state index is -0.975. The molecule has 66 valence electrons. The molecule has 0 bridgehead atoms. The van der Waals surface area contributed by atoms with E-state index in [1.165, 1.54) is 0 Å². The van der Waals surface area contributed by atoms with E-state index < -0.39 is 12.0 Å². The summed E-state index contributed by atoms with van der Waals surface area (Å²) in [6.45, 7) is 0.748. The number of aliphatic imine (C=N–C) groups is 1. The molecule has 1 aliphatic rings. The SMILES string of the molecule is NC(CC1=NCCC=C1)C(=O)O. The molecule has 0 spiro atoms. The van der Waals surface area contributed by atoms with Gasteiger partial charge in [0, 0.05) is 18.7 Å². The van der Waals surface area contributed by atoms with E-state index in [1.54, 1.807) is 0 Å². The van der Waals surface area contributed by atoms with Crippen molar-refractivity contribution >= 4 is 11.7 Å². The first-order valence-electron chi connectivity index (χ1n) is 3.88. The number of carbonyl (C=O) groups is 1. The van der Waals surface area contributed by atoms with E-state index in [0.717, 1.165) is 18.7 Å². The number of hydrogen-bond acceptors (Lipinski definition) is 3. The van der Waals surface area contributed by atoms with Crippen molar-refractivity contribution in [3.63, 3.8) is 0 Å². The maximum absolute atomic E-state index is 10.4. The lowest BCUT2D eigenvalue weighted by Gasteiger charge is -2.08. The van der Waals surface area contributed by atoms with E-state index in [1.807, 2.05) is 12.2 Å². The van der Waals surface area contributed by atoms with E-state index in [-0.39, 0.29) is 0 Å². The van der Waals surface area contributed by atoms with Gasteiger partial charge in [0.1, 0.15) is 6.04 Å². The fourth-order valence-corrected chi connectivity index (χ4v) is 1.000. The first-order valence-corrected chi connectivity index (χ1v) is 3.88. The Bertz CT molecular complexity index is 233. The zero-order valence-electron chi connectivity index (χ0n) is 6.73. The molecule has 1 heterocycles. The predicted molar refractivity (Wildman–Crippen MR) is 46.3 cm³/mol. The van der Waals surface area contributed by atoms with E-state index >= 15 is 0 Å². The van der Waals surface area contributed by atoms with Gasteiger partial charge in [0.05, 0.1) is 0 Å². The molecule has 3 N–H and O–H groups in total. The van der Waals surface area contributed by atoms with E-state index in [2.05, 4.69) is 4.99 Å². The molecule has 0 aliphatic carbocycles. The Morgan fingerprint density at radius 2 is 2.58 bits per heavy atom. The highest BCUT2D eigenvalue weighted by molar-refractivity contribution is 5.98. The molecule has 0 saturated heterocycles. The third-order valence-corrected chi connectivity index (χ3v) is 1.67. The second-order valence-corrected chi connectivity index (χ2v) is 2.71. The highest BCUT2D eigenvalue weighted by Crippen LogP contribution is 2.01. The number of dihydropyridines is 1. The average Bonchev–Trinajstić information content (AvgIpc) is 2.06. The van der Waals surface area contributed by atoms with Crippen molar-refractivity contribution in [2.24, 2.45) is 10.7 Å². The Labute approximate surface area is 70.8 Å². The molecule has 0 saturated carbocycles. The first-order chi connectivity index (χ1) is 5.70. The van der Waals surface area contributed by atoms with Gasteiger partial charge in [-0.05, 0) is 12.5 Å². The van der Waals surface area contributed by atoms with Gasteiger partial charge in [0.25, 0.3) is 0 Å². The van der Waals surface area contributed by atoms with Gasteiger partial charge in [-0.3, -0.25) is 9.79 Å². The van der Waals surface area contributed by atoms with Crippen LogP contribution < -0.4 is 5.73 Å². The highest BCUT2D eigenvalue weighted by atomic mass is 16.4. The molecule has 4 nitrogen and oxygen atoms in total. The minimum absolute atomic E-state index is 0.325. The molecule has 0 aromatic carbocycles. The monoisotopic (exact) mass is 168 g/mol. The smallest absolute Gasteiger partial charge is 0.320 e. The summed E-state index contributed by atoms with van der Waals surface area (Å²) in [6, 6.07) is -0.827. The van der Waals surface area contributed by atoms with Crippen LogP contribution in [-0.2, 0) is 4.79 Å². The van der Waals surface area contributed by atoms with Crippen LogP contribution in [0.2, 0.25) is 0 Å². The van der Waals surface area contributed by atoms with Crippen LogP contribution >= 0.6 is 0 Å². The fourth-order valence-electron chi connectivity index (χ4n) is 1.000. The van der Waals surface area contributed by atoms with E-state index in [9.17, 15) is 4.79 Å². The van der Waals surface area contributed by atoms with Crippen LogP contribution in [0.1, 0.15) is 12.8 Å². The van der Waals surface area contributed by atoms with Gasteiger partial charge in [-0.15, -0.1) is 0 Å². The lowest BCUT2D eigenvalue weighted by atomic mass is 10.1. The summed E-state index contributed by atoms with van der Waals surface area (Å²) in [4.78, 5) is 14.5. The number of nitrogens with two attached hydrogens (primary N) is 1. The molecule has 4 heteroatoms. The molecule has 0 aromatic rings. The van der Waals surface area contributed by atoms with Crippen LogP contribution in [0.15, 0.2) is 17.1 Å². The molecule has 0 aromatic heterocycles. The second-order valence-electron chi connectivity index (χ2n) is 2.71. The lowest BCUT2D eigenvalue weighted by Crippen LogP contribution is -2.32. The molecule has 12 heavy (non-hydrogen) atoms. The van der Waals surface area contributed by atoms with Gasteiger partial charge in [0.2, 0.25) is 0 Å². The van der Waals surface area contributed by atoms with Gasteiger partial charge >= 0.3 is 5.97 Å². The predicted octanol–water partition coefficient (Wildman–Crippen LogP) is 0.189. The maximum Gasteiger partial charge on any atom is 0.320 e. The Balaban J connectivity index is 2.45. The molecule has 1 aliphatic heterocycles. The minimum Gasteiger partial charge on any atom is -0.480 e. The van der Waals surface area contributed by atoms with Crippen molar-refractivity contribution in [3.05, 3.63) is 12.2 Å². The van der Waals surface area contributed by atoms with Crippen LogP contribution in [0, 0.1) is 0 Å². The van der Waals surface area contributed by atoms with Crippen LogP contribution in [0.25, 0.3) is 0 Å². The zero-order valence-corrected chi connectivity index (χ0v) is 6.73. The number of carboxylic acids is 1. The van der Waals surface area contributed by atoms with Crippen LogP contribution in [0.4, 0.5) is 0 Å². The number of allylic oxidation sites excluding steroid dienone is 1. The van der Waals surface area contributed by atoms with Crippen molar-refractivity contribution in [2.75, 3.05) is 6.54 Å². The van der Waals surface area contributed by atoms with Crippen molar-refractivity contribution in [1.82, 2.24) is 0 Å². The van der Waals surface area contributed by atoms with E-state index in [0.29, 0.717) is 6.42 Å². The summed E-state index contributed by atoms with van der Waals surface area (Å²) >= 11 is 0. The number of carboxylic acid groups (broad SMARTS) is 1. The molecular weight excluding hydrogens is 156 g/mol. The van der Waals surface area contributed by atoms with Gasteiger partial charge in [-0.2, -0.15) is 0 Å². The van der Waals surface area contributed by atoms with Crippen molar-refractivity contribution < 1.29 is 9.90 Å². The molecule has 0 fully saturated rings. The number of nitrogens with zero attached hydrogens (tertiary/aromatic N) is 1. The van der Waals surface area contributed by atoms with Crippen molar-refractivity contribution in [1.29, 1.82) is 0 Å². The second kappa shape index (κ2) is 4.01. The third kappa shape index (κ3) is 2.47. The Kier molecular flexibility index (Phi) is 2.99. The lowest BCUT2D eigenvalue weighted by molar-refractivity contribution is -0.138. The first kappa shape index (κ1) is 8.93. The normalized spacial score (nSPS) is 18.6. The Hall–Kier alpha value is -1.16. The van der Waals surface area contributed by atoms with Crippen LogP contribution in [0.5, 0.6) is 0 Å². The van der Waals surface area contributed by atoms with Crippen molar-refractivity contribution in [3.8, 4) is 0 Å².